The van der Waals surface area contributed by atoms with Crippen LogP contribution >= 0.6 is 11.6 Å². The van der Waals surface area contributed by atoms with E-state index in [-0.39, 0.29) is 23.4 Å². The van der Waals surface area contributed by atoms with Gasteiger partial charge in [0, 0.05) is 19.1 Å². The van der Waals surface area contributed by atoms with Crippen molar-refractivity contribution in [3.05, 3.63) is 21.8 Å². The number of nitrogens with zero attached hydrogens (tertiary/aromatic N) is 5. The van der Waals surface area contributed by atoms with Gasteiger partial charge in [0.2, 0.25) is 0 Å². The fraction of sp³-hybridized carbons (Fsp3) is 0.529. The molecule has 1 N–H and O–H groups in total. The molecule has 1 aromatic heterocycles. The van der Waals surface area contributed by atoms with E-state index in [9.17, 15) is 20.4 Å². The van der Waals surface area contributed by atoms with Crippen molar-refractivity contribution < 1.29 is 14.6 Å². The summed E-state index contributed by atoms with van der Waals surface area (Å²) in [5.41, 5.74) is 1.21. The van der Waals surface area contributed by atoms with Crippen molar-refractivity contribution in [2.75, 3.05) is 24.6 Å². The number of amides is 1. The minimum atomic E-state index is -0.914. The molecule has 26 heavy (non-hydrogen) atoms. The maximum Gasteiger partial charge on any atom is 0.412 e. The smallest absolute Gasteiger partial charge is 0.412 e. The van der Waals surface area contributed by atoms with Crippen LogP contribution in [0.2, 0.25) is 5.15 Å². The van der Waals surface area contributed by atoms with Crippen molar-refractivity contribution in [1.82, 2.24) is 9.88 Å². The number of hydrogen-bond acceptors (Lipinski definition) is 7. The Hall–Kier alpha value is -2.55. The minimum Gasteiger partial charge on any atom is -0.445 e. The van der Waals surface area contributed by atoms with Gasteiger partial charge in [-0.15, -0.1) is 0 Å². The molecule has 9 heteroatoms. The largest absolute Gasteiger partial charge is 0.445 e. The monoisotopic (exact) mass is 375 g/mol. The van der Waals surface area contributed by atoms with E-state index in [1.807, 2.05) is 17.9 Å². The summed E-state index contributed by atoms with van der Waals surface area (Å²) in [6, 6.07) is 4.06. The predicted octanol–water partition coefficient (Wildman–Crippen LogP) is 1.78. The van der Waals surface area contributed by atoms with Crippen LogP contribution in [-0.4, -0.2) is 53.0 Å². The zero-order valence-electron chi connectivity index (χ0n) is 14.3. The van der Waals surface area contributed by atoms with E-state index < -0.39 is 12.3 Å². The van der Waals surface area contributed by atoms with Crippen molar-refractivity contribution >= 4 is 23.5 Å². The fourth-order valence-corrected chi connectivity index (χ4v) is 3.81. The predicted molar refractivity (Wildman–Crippen MR) is 92.5 cm³/mol. The molecule has 1 unspecified atom stereocenters. The molecular weight excluding hydrogens is 358 g/mol. The van der Waals surface area contributed by atoms with Crippen molar-refractivity contribution in [1.29, 1.82) is 10.5 Å². The third kappa shape index (κ3) is 3.03. The number of piperidine rings is 1. The number of hydrogen-bond donors (Lipinski definition) is 1. The first kappa shape index (κ1) is 18.2. The van der Waals surface area contributed by atoms with Crippen LogP contribution in [0.1, 0.15) is 36.5 Å². The third-order valence-electron chi connectivity index (χ3n) is 4.86. The maximum atomic E-state index is 11.8. The highest BCUT2D eigenvalue weighted by Gasteiger charge is 2.39. The number of halogens is 1. The van der Waals surface area contributed by atoms with Crippen LogP contribution in [0, 0.1) is 22.7 Å². The van der Waals surface area contributed by atoms with Crippen LogP contribution < -0.4 is 4.90 Å². The highest BCUT2D eigenvalue weighted by Crippen LogP contribution is 2.32. The summed E-state index contributed by atoms with van der Waals surface area (Å²) >= 11 is 6.16. The number of carbonyl (C=O) groups excluding carboxylic acids is 1. The minimum absolute atomic E-state index is 0.00965. The Morgan fingerprint density at radius 1 is 1.31 bits per heavy atom. The molecule has 1 aromatic rings. The number of aliphatic hydroxyl groups excluding tert-OH is 1. The Labute approximate surface area is 156 Å². The van der Waals surface area contributed by atoms with E-state index in [0.717, 1.165) is 0 Å². The number of nitriles is 2. The second kappa shape index (κ2) is 7.36. The Morgan fingerprint density at radius 3 is 2.46 bits per heavy atom. The van der Waals surface area contributed by atoms with E-state index in [1.165, 1.54) is 4.90 Å². The second-order valence-electron chi connectivity index (χ2n) is 6.21. The first-order valence-electron chi connectivity index (χ1n) is 8.42. The van der Waals surface area contributed by atoms with Gasteiger partial charge in [0.15, 0.2) is 6.23 Å². The van der Waals surface area contributed by atoms with Gasteiger partial charge >= 0.3 is 6.09 Å². The molecular formula is C17H18ClN5O3. The Balaban J connectivity index is 1.84. The van der Waals surface area contributed by atoms with Gasteiger partial charge in [-0.25, -0.2) is 9.78 Å². The van der Waals surface area contributed by atoms with Crippen LogP contribution in [0.3, 0.4) is 0 Å². The average Bonchev–Trinajstić information content (AvgIpc) is 2.99. The van der Waals surface area contributed by atoms with Crippen LogP contribution in [0.5, 0.6) is 0 Å². The van der Waals surface area contributed by atoms with Crippen molar-refractivity contribution in [3.8, 4) is 12.1 Å². The summed E-state index contributed by atoms with van der Waals surface area (Å²) < 4.78 is 4.87. The number of cyclic esters (lactones) is 1. The molecule has 136 valence electrons. The van der Waals surface area contributed by atoms with Crippen LogP contribution in [0.4, 0.5) is 10.6 Å². The van der Waals surface area contributed by atoms with E-state index in [1.54, 1.807) is 0 Å². The van der Waals surface area contributed by atoms with Gasteiger partial charge in [-0.05, 0) is 24.8 Å². The maximum absolute atomic E-state index is 11.8. The number of rotatable bonds is 3. The van der Waals surface area contributed by atoms with Gasteiger partial charge < -0.3 is 14.7 Å². The normalized spacial score (nSPS) is 20.7. The SMILES string of the molecule is CCc1c(C#N)c(Cl)nc(N2CCC(N3C(=O)OCC3O)CC2)c1C#N. The molecule has 3 rings (SSSR count). The first-order valence-corrected chi connectivity index (χ1v) is 8.80. The number of aromatic nitrogens is 1. The van der Waals surface area contributed by atoms with Crippen LogP contribution in [0.25, 0.3) is 0 Å². The van der Waals surface area contributed by atoms with Gasteiger partial charge in [-0.3, -0.25) is 4.90 Å². The lowest BCUT2D eigenvalue weighted by Gasteiger charge is -2.37. The first-order chi connectivity index (χ1) is 12.5. The fourth-order valence-electron chi connectivity index (χ4n) is 3.57. The lowest BCUT2D eigenvalue weighted by Crippen LogP contribution is -2.49. The van der Waals surface area contributed by atoms with E-state index >= 15 is 0 Å². The van der Waals surface area contributed by atoms with Gasteiger partial charge in [-0.2, -0.15) is 10.5 Å². The quantitative estimate of drug-likeness (QED) is 0.801. The summed E-state index contributed by atoms with van der Waals surface area (Å²) in [5, 5.41) is 28.9. The zero-order valence-corrected chi connectivity index (χ0v) is 15.0. The summed E-state index contributed by atoms with van der Waals surface area (Å²) in [4.78, 5) is 19.4. The number of pyridine rings is 1. The number of carbonyl (C=O) groups is 1. The molecule has 3 heterocycles. The van der Waals surface area contributed by atoms with E-state index in [0.29, 0.717) is 49.3 Å². The molecule has 0 aromatic carbocycles. The number of anilines is 1. The molecule has 0 bridgehead atoms. The summed E-state index contributed by atoms with van der Waals surface area (Å²) in [6.45, 7) is 2.95. The van der Waals surface area contributed by atoms with Gasteiger partial charge in [-0.1, -0.05) is 18.5 Å². The van der Waals surface area contributed by atoms with Crippen LogP contribution in [0.15, 0.2) is 0 Å². The van der Waals surface area contributed by atoms with E-state index in [4.69, 9.17) is 16.3 Å². The summed E-state index contributed by atoms with van der Waals surface area (Å²) in [7, 11) is 0. The molecule has 0 radical (unpaired) electrons. The Kier molecular flexibility index (Phi) is 5.17. The second-order valence-corrected chi connectivity index (χ2v) is 6.57. The van der Waals surface area contributed by atoms with Gasteiger partial charge in [0.25, 0.3) is 0 Å². The summed E-state index contributed by atoms with van der Waals surface area (Å²) in [5.74, 6) is 0.469. The topological polar surface area (TPSA) is 113 Å². The molecule has 2 fully saturated rings. The average molecular weight is 376 g/mol. The van der Waals surface area contributed by atoms with Crippen LogP contribution in [-0.2, 0) is 11.2 Å². The molecule has 8 nitrogen and oxygen atoms in total. The third-order valence-corrected chi connectivity index (χ3v) is 5.13. The molecule has 1 amide bonds. The lowest BCUT2D eigenvalue weighted by atomic mass is 9.99. The highest BCUT2D eigenvalue weighted by molar-refractivity contribution is 6.30. The Morgan fingerprint density at radius 2 is 1.96 bits per heavy atom. The van der Waals surface area contributed by atoms with Crippen molar-refractivity contribution in [3.63, 3.8) is 0 Å². The molecule has 2 saturated heterocycles. The Bertz CT molecular complexity index is 808. The van der Waals surface area contributed by atoms with Crippen molar-refractivity contribution in [2.45, 2.75) is 38.5 Å². The molecule has 2 aliphatic heterocycles. The molecule has 0 saturated carbocycles. The number of aliphatic hydroxyl groups is 1. The molecule has 2 aliphatic rings. The summed E-state index contributed by atoms with van der Waals surface area (Å²) in [6.07, 6.45) is 0.308. The zero-order chi connectivity index (χ0) is 18.8. The highest BCUT2D eigenvalue weighted by atomic mass is 35.5. The van der Waals surface area contributed by atoms with E-state index in [2.05, 4.69) is 11.1 Å². The molecule has 0 spiro atoms. The standard InChI is InChI=1S/C17H18ClN5O3/c1-2-11-12(7-19)15(18)21-16(13(11)8-20)22-5-3-10(4-6-22)23-14(24)9-26-17(23)25/h10,14,24H,2-6,9H2,1H3. The lowest BCUT2D eigenvalue weighted by molar-refractivity contribution is 0.0288. The number of ether oxygens (including phenoxy) is 1. The van der Waals surface area contributed by atoms with Gasteiger partial charge in [0.05, 0.1) is 11.1 Å². The van der Waals surface area contributed by atoms with Crippen molar-refractivity contribution in [2.24, 2.45) is 0 Å². The molecule has 0 aliphatic carbocycles. The van der Waals surface area contributed by atoms with Gasteiger partial charge in [0.1, 0.15) is 29.7 Å². The molecule has 1 atom stereocenters.